The Morgan fingerprint density at radius 1 is 1.05 bits per heavy atom. The summed E-state index contributed by atoms with van der Waals surface area (Å²) in [5.41, 5.74) is -0.245. The number of rotatable bonds is 4. The van der Waals surface area contributed by atoms with E-state index in [0.29, 0.717) is 5.56 Å². The number of nitrogens with zero attached hydrogens (tertiary/aromatic N) is 1. The summed E-state index contributed by atoms with van der Waals surface area (Å²) >= 11 is 0. The van der Waals surface area contributed by atoms with Crippen molar-refractivity contribution in [2.24, 2.45) is 0 Å². The number of nitro benzene ring substituents is 1. The van der Waals surface area contributed by atoms with E-state index < -0.39 is 18.0 Å². The van der Waals surface area contributed by atoms with Crippen LogP contribution in [0.1, 0.15) is 18.1 Å². The molecular weight excluding hydrogens is 277 g/mol. The maximum absolute atomic E-state index is 12.4. The Balaban J connectivity index is 2.33. The fourth-order valence-corrected chi connectivity index (χ4v) is 3.53. The van der Waals surface area contributed by atoms with Gasteiger partial charge in [0.05, 0.1) is 12.3 Å². The summed E-state index contributed by atoms with van der Waals surface area (Å²) in [5, 5.41) is 10.9. The second kappa shape index (κ2) is 5.57. The summed E-state index contributed by atoms with van der Waals surface area (Å²) in [4.78, 5) is 22.5. The van der Waals surface area contributed by atoms with Crippen LogP contribution >= 0.6 is 7.37 Å². The molecule has 6 heteroatoms. The normalized spacial score (nSPS) is 15.3. The molecule has 0 saturated heterocycles. The molecule has 2 atom stereocenters. The van der Waals surface area contributed by atoms with Gasteiger partial charge in [-0.3, -0.25) is 10.1 Å². The molecule has 104 valence electrons. The highest BCUT2D eigenvalue weighted by Gasteiger charge is 2.22. The first-order valence-electron chi connectivity index (χ1n) is 6.03. The van der Waals surface area contributed by atoms with Gasteiger partial charge in [-0.15, -0.1) is 0 Å². The molecular formula is C14H13NO4P-. The van der Waals surface area contributed by atoms with Crippen LogP contribution < -0.4 is 10.2 Å². The van der Waals surface area contributed by atoms with Crippen LogP contribution in [0.4, 0.5) is 5.69 Å². The first kappa shape index (κ1) is 14.4. The van der Waals surface area contributed by atoms with E-state index in [0.717, 1.165) is 0 Å². The monoisotopic (exact) mass is 290 g/mol. The highest BCUT2D eigenvalue weighted by molar-refractivity contribution is 7.65. The van der Waals surface area contributed by atoms with Gasteiger partial charge in [-0.05, 0) is 10.9 Å². The van der Waals surface area contributed by atoms with Crippen molar-refractivity contribution in [1.29, 1.82) is 0 Å². The number of benzene rings is 2. The summed E-state index contributed by atoms with van der Waals surface area (Å²) in [6.07, 6.45) is 0. The van der Waals surface area contributed by atoms with Crippen LogP contribution in [0.2, 0.25) is 0 Å². The van der Waals surface area contributed by atoms with Gasteiger partial charge in [-0.25, -0.2) is 0 Å². The van der Waals surface area contributed by atoms with Crippen LogP contribution in [0, 0.1) is 10.1 Å². The van der Waals surface area contributed by atoms with Crippen LogP contribution in [0.15, 0.2) is 54.6 Å². The van der Waals surface area contributed by atoms with Gasteiger partial charge < -0.3 is 9.46 Å². The number of nitro groups is 1. The average molecular weight is 290 g/mol. The van der Waals surface area contributed by atoms with E-state index in [4.69, 9.17) is 0 Å². The Kier molecular flexibility index (Phi) is 4.02. The zero-order valence-electron chi connectivity index (χ0n) is 10.8. The molecule has 0 aromatic heterocycles. The zero-order chi connectivity index (χ0) is 14.8. The highest BCUT2D eigenvalue weighted by Crippen LogP contribution is 2.50. The third kappa shape index (κ3) is 2.79. The summed E-state index contributed by atoms with van der Waals surface area (Å²) in [5.74, 6) is 0. The molecule has 5 nitrogen and oxygen atoms in total. The van der Waals surface area contributed by atoms with E-state index >= 15 is 0 Å². The Bertz CT molecular complexity index is 655. The summed E-state index contributed by atoms with van der Waals surface area (Å²) < 4.78 is 12.4. The summed E-state index contributed by atoms with van der Waals surface area (Å²) in [6, 6.07) is 13.8. The van der Waals surface area contributed by atoms with Crippen molar-refractivity contribution < 1.29 is 14.4 Å². The topological polar surface area (TPSA) is 83.3 Å². The van der Waals surface area contributed by atoms with Crippen molar-refractivity contribution >= 4 is 18.4 Å². The van der Waals surface area contributed by atoms with Crippen molar-refractivity contribution in [1.82, 2.24) is 0 Å². The lowest BCUT2D eigenvalue weighted by molar-refractivity contribution is -0.384. The Morgan fingerprint density at radius 3 is 2.10 bits per heavy atom. The van der Waals surface area contributed by atoms with E-state index in [-0.39, 0.29) is 11.0 Å². The molecule has 0 saturated carbocycles. The maximum atomic E-state index is 12.4. The largest absolute Gasteiger partial charge is 0.796 e. The molecule has 20 heavy (non-hydrogen) atoms. The van der Waals surface area contributed by atoms with Crippen molar-refractivity contribution in [2.45, 2.75) is 12.6 Å². The Morgan fingerprint density at radius 2 is 1.60 bits per heavy atom. The molecule has 0 heterocycles. The van der Waals surface area contributed by atoms with Crippen molar-refractivity contribution in [3.05, 3.63) is 70.3 Å². The maximum Gasteiger partial charge on any atom is 0.269 e. The van der Waals surface area contributed by atoms with Gasteiger partial charge in [0.25, 0.3) is 5.69 Å². The molecule has 2 rings (SSSR count). The van der Waals surface area contributed by atoms with E-state index in [2.05, 4.69) is 0 Å². The predicted octanol–water partition coefficient (Wildman–Crippen LogP) is 2.62. The van der Waals surface area contributed by atoms with Crippen molar-refractivity contribution in [2.75, 3.05) is 0 Å². The SMILES string of the molecule is CC(c1ccc([N+](=O)[O-])cc1)P(=O)([O-])c1ccccc1. The molecule has 0 spiro atoms. The minimum atomic E-state index is -3.82. The average Bonchev–Trinajstić information content (AvgIpc) is 2.47. The lowest BCUT2D eigenvalue weighted by atomic mass is 10.1. The van der Waals surface area contributed by atoms with E-state index in [1.807, 2.05) is 0 Å². The molecule has 0 bridgehead atoms. The van der Waals surface area contributed by atoms with Gasteiger partial charge in [0.1, 0.15) is 0 Å². The standard InChI is InChI=1S/C14H14NO4P/c1-11(12-7-9-13(10-8-12)15(16)17)20(18,19)14-5-3-2-4-6-14/h2-11H,1H3,(H,18,19)/p-1. The molecule has 2 aromatic carbocycles. The van der Waals surface area contributed by atoms with E-state index in [9.17, 15) is 19.6 Å². The quantitative estimate of drug-likeness (QED) is 0.492. The van der Waals surface area contributed by atoms with Gasteiger partial charge >= 0.3 is 0 Å². The Hall–Kier alpha value is -1.97. The van der Waals surface area contributed by atoms with Gasteiger partial charge in [0, 0.05) is 17.8 Å². The molecule has 0 aliphatic rings. The molecule has 0 amide bonds. The minimum Gasteiger partial charge on any atom is -0.796 e. The molecule has 0 radical (unpaired) electrons. The molecule has 0 N–H and O–H groups in total. The number of hydrogen-bond acceptors (Lipinski definition) is 4. The smallest absolute Gasteiger partial charge is 0.269 e. The van der Waals surface area contributed by atoms with Gasteiger partial charge in [-0.2, -0.15) is 0 Å². The van der Waals surface area contributed by atoms with Crippen LogP contribution in [-0.2, 0) is 4.57 Å². The second-order valence-corrected chi connectivity index (χ2v) is 6.94. The molecule has 2 aromatic rings. The first-order chi connectivity index (χ1) is 9.43. The van der Waals surface area contributed by atoms with Gasteiger partial charge in [0.2, 0.25) is 0 Å². The van der Waals surface area contributed by atoms with E-state index in [1.54, 1.807) is 37.3 Å². The molecule has 0 aliphatic carbocycles. The van der Waals surface area contributed by atoms with Crippen LogP contribution in [0.25, 0.3) is 0 Å². The predicted molar refractivity (Wildman–Crippen MR) is 75.2 cm³/mol. The number of hydrogen-bond donors (Lipinski definition) is 0. The third-order valence-corrected chi connectivity index (χ3v) is 5.55. The van der Waals surface area contributed by atoms with Gasteiger partial charge in [-0.1, -0.05) is 49.4 Å². The number of non-ortho nitro benzene ring substituents is 1. The lowest BCUT2D eigenvalue weighted by Gasteiger charge is -2.30. The highest BCUT2D eigenvalue weighted by atomic mass is 31.2. The van der Waals surface area contributed by atoms with Crippen molar-refractivity contribution in [3.63, 3.8) is 0 Å². The summed E-state index contributed by atoms with van der Waals surface area (Å²) in [6.45, 7) is 1.59. The fourth-order valence-electron chi connectivity index (χ4n) is 1.93. The van der Waals surface area contributed by atoms with Crippen LogP contribution in [0.3, 0.4) is 0 Å². The van der Waals surface area contributed by atoms with Crippen LogP contribution in [-0.4, -0.2) is 4.92 Å². The molecule has 2 unspecified atom stereocenters. The van der Waals surface area contributed by atoms with Crippen molar-refractivity contribution in [3.8, 4) is 0 Å². The minimum absolute atomic E-state index is 0.0543. The lowest BCUT2D eigenvalue weighted by Crippen LogP contribution is -2.19. The molecule has 0 aliphatic heterocycles. The summed E-state index contributed by atoms with van der Waals surface area (Å²) in [7, 11) is -3.82. The van der Waals surface area contributed by atoms with Gasteiger partial charge in [0.15, 0.2) is 0 Å². The first-order valence-corrected chi connectivity index (χ1v) is 7.73. The third-order valence-electron chi connectivity index (χ3n) is 3.21. The fraction of sp³-hybridized carbons (Fsp3) is 0.143. The second-order valence-electron chi connectivity index (χ2n) is 4.46. The van der Waals surface area contributed by atoms with E-state index in [1.165, 1.54) is 24.3 Å². The zero-order valence-corrected chi connectivity index (χ0v) is 11.7. The van der Waals surface area contributed by atoms with Crippen LogP contribution in [0.5, 0.6) is 0 Å². The Labute approximate surface area is 116 Å². The molecule has 0 fully saturated rings.